The average molecular weight is 410 g/mol. The van der Waals surface area contributed by atoms with Crippen LogP contribution in [0.1, 0.15) is 48.0 Å². The minimum Gasteiger partial charge on any atom is -0.377 e. The summed E-state index contributed by atoms with van der Waals surface area (Å²) in [6.45, 7) is 5.48. The summed E-state index contributed by atoms with van der Waals surface area (Å²) in [5.41, 5.74) is 0.261. The zero-order valence-electron chi connectivity index (χ0n) is 16.3. The molecule has 2 saturated heterocycles. The highest BCUT2D eigenvalue weighted by molar-refractivity contribution is 5.28. The van der Waals surface area contributed by atoms with E-state index in [9.17, 15) is 13.2 Å². The Morgan fingerprint density at radius 2 is 1.93 bits per heavy atom. The number of hydrogen-bond acceptors (Lipinski definition) is 6. The molecule has 1 N–H and O–H groups in total. The molecule has 1 aromatic heterocycles. The van der Waals surface area contributed by atoms with Gasteiger partial charge in [0.05, 0.1) is 30.9 Å². The molecule has 2 aromatic rings. The summed E-state index contributed by atoms with van der Waals surface area (Å²) in [6.07, 6.45) is -2.82. The molecule has 0 aliphatic carbocycles. The third-order valence-electron chi connectivity index (χ3n) is 5.68. The SMILES string of the molecule is CCc1noc(C2CC(c3ccc(C(F)(F)F)cc3)CN(C3COCCN3)C2)n1. The number of ether oxygens (including phenoxy) is 1. The molecule has 29 heavy (non-hydrogen) atoms. The summed E-state index contributed by atoms with van der Waals surface area (Å²) in [5.74, 6) is 1.35. The van der Waals surface area contributed by atoms with Crippen LogP contribution in [-0.2, 0) is 17.3 Å². The van der Waals surface area contributed by atoms with Gasteiger partial charge in [0.1, 0.15) is 0 Å². The second-order valence-electron chi connectivity index (χ2n) is 7.65. The Kier molecular flexibility index (Phi) is 5.89. The van der Waals surface area contributed by atoms with Gasteiger partial charge >= 0.3 is 6.18 Å². The average Bonchev–Trinajstić information content (AvgIpc) is 3.23. The molecule has 2 aliphatic rings. The van der Waals surface area contributed by atoms with E-state index in [1.54, 1.807) is 12.1 Å². The molecule has 3 heterocycles. The molecule has 4 rings (SSSR count). The molecule has 158 valence electrons. The Morgan fingerprint density at radius 3 is 2.55 bits per heavy atom. The normalized spacial score (nSPS) is 26.6. The van der Waals surface area contributed by atoms with Crippen LogP contribution in [0.5, 0.6) is 0 Å². The van der Waals surface area contributed by atoms with Crippen molar-refractivity contribution >= 4 is 0 Å². The van der Waals surface area contributed by atoms with Gasteiger partial charge in [-0.15, -0.1) is 0 Å². The van der Waals surface area contributed by atoms with Crippen molar-refractivity contribution < 1.29 is 22.4 Å². The van der Waals surface area contributed by atoms with Crippen LogP contribution in [0.25, 0.3) is 0 Å². The van der Waals surface area contributed by atoms with Gasteiger partial charge in [-0.2, -0.15) is 18.2 Å². The van der Waals surface area contributed by atoms with Crippen LogP contribution in [-0.4, -0.2) is 54.1 Å². The van der Waals surface area contributed by atoms with Crippen LogP contribution in [0.2, 0.25) is 0 Å². The van der Waals surface area contributed by atoms with E-state index in [0.717, 1.165) is 43.8 Å². The summed E-state index contributed by atoms with van der Waals surface area (Å²) < 4.78 is 49.9. The highest BCUT2D eigenvalue weighted by Crippen LogP contribution is 2.37. The maximum absolute atomic E-state index is 12.9. The standard InChI is InChI=1S/C20H25F3N4O2/c1-2-17-25-19(29-26-17)15-9-14(10-27(11-15)18-12-28-8-7-24-18)13-3-5-16(6-4-13)20(21,22)23/h3-6,14-15,18,24H,2,7-12H2,1H3. The van der Waals surface area contributed by atoms with Gasteiger partial charge in [0.15, 0.2) is 5.82 Å². The van der Waals surface area contributed by atoms with E-state index in [2.05, 4.69) is 20.4 Å². The van der Waals surface area contributed by atoms with Crippen LogP contribution in [0.15, 0.2) is 28.8 Å². The maximum atomic E-state index is 12.9. The Morgan fingerprint density at radius 1 is 1.17 bits per heavy atom. The van der Waals surface area contributed by atoms with Crippen molar-refractivity contribution in [2.24, 2.45) is 0 Å². The summed E-state index contributed by atoms with van der Waals surface area (Å²) in [7, 11) is 0. The highest BCUT2D eigenvalue weighted by Gasteiger charge is 2.36. The first-order valence-electron chi connectivity index (χ1n) is 9.99. The van der Waals surface area contributed by atoms with Crippen molar-refractivity contribution in [3.63, 3.8) is 0 Å². The number of alkyl halides is 3. The van der Waals surface area contributed by atoms with E-state index < -0.39 is 11.7 Å². The fourth-order valence-electron chi connectivity index (χ4n) is 4.12. The first-order chi connectivity index (χ1) is 13.9. The van der Waals surface area contributed by atoms with Gasteiger partial charge < -0.3 is 9.26 Å². The fraction of sp³-hybridized carbons (Fsp3) is 0.600. The number of rotatable bonds is 4. The third-order valence-corrected chi connectivity index (χ3v) is 5.68. The zero-order chi connectivity index (χ0) is 20.4. The zero-order valence-corrected chi connectivity index (χ0v) is 16.3. The van der Waals surface area contributed by atoms with E-state index >= 15 is 0 Å². The van der Waals surface area contributed by atoms with Crippen LogP contribution in [0.4, 0.5) is 13.2 Å². The molecule has 2 aliphatic heterocycles. The van der Waals surface area contributed by atoms with Crippen molar-refractivity contribution in [1.82, 2.24) is 20.4 Å². The smallest absolute Gasteiger partial charge is 0.377 e. The summed E-state index contributed by atoms with van der Waals surface area (Å²) >= 11 is 0. The number of halogens is 3. The molecule has 0 saturated carbocycles. The summed E-state index contributed by atoms with van der Waals surface area (Å²) in [6, 6.07) is 5.49. The van der Waals surface area contributed by atoms with Gasteiger partial charge in [0, 0.05) is 26.1 Å². The molecule has 0 radical (unpaired) electrons. The Hall–Kier alpha value is -1.97. The number of piperidine rings is 1. The summed E-state index contributed by atoms with van der Waals surface area (Å²) in [4.78, 5) is 6.78. The van der Waals surface area contributed by atoms with Crippen LogP contribution in [0.3, 0.4) is 0 Å². The fourth-order valence-corrected chi connectivity index (χ4v) is 4.12. The van der Waals surface area contributed by atoms with Crippen LogP contribution in [0, 0.1) is 0 Å². The second-order valence-corrected chi connectivity index (χ2v) is 7.65. The molecule has 0 bridgehead atoms. The maximum Gasteiger partial charge on any atom is 0.416 e. The lowest BCUT2D eigenvalue weighted by molar-refractivity contribution is -0.137. The lowest BCUT2D eigenvalue weighted by Gasteiger charge is -2.42. The number of aromatic nitrogens is 2. The minimum atomic E-state index is -4.33. The third kappa shape index (κ3) is 4.62. The molecule has 1 aromatic carbocycles. The lowest BCUT2D eigenvalue weighted by atomic mass is 9.83. The number of morpholine rings is 1. The van der Waals surface area contributed by atoms with Crippen molar-refractivity contribution in [2.75, 3.05) is 32.8 Å². The molecule has 6 nitrogen and oxygen atoms in total. The number of aryl methyl sites for hydroxylation is 1. The number of likely N-dealkylation sites (tertiary alicyclic amines) is 1. The second kappa shape index (κ2) is 8.41. The monoisotopic (exact) mass is 410 g/mol. The van der Waals surface area contributed by atoms with E-state index in [-0.39, 0.29) is 18.0 Å². The van der Waals surface area contributed by atoms with Crippen molar-refractivity contribution in [3.8, 4) is 0 Å². The van der Waals surface area contributed by atoms with Crippen molar-refractivity contribution in [2.45, 2.75) is 43.9 Å². The quantitative estimate of drug-likeness (QED) is 0.836. The number of nitrogens with one attached hydrogen (secondary N) is 1. The van der Waals surface area contributed by atoms with E-state index in [1.165, 1.54) is 0 Å². The predicted octanol–water partition coefficient (Wildman–Crippen LogP) is 3.17. The minimum absolute atomic E-state index is 0.0209. The lowest BCUT2D eigenvalue weighted by Crippen LogP contribution is -2.56. The van der Waals surface area contributed by atoms with Crippen LogP contribution >= 0.6 is 0 Å². The van der Waals surface area contributed by atoms with Crippen molar-refractivity contribution in [1.29, 1.82) is 0 Å². The predicted molar refractivity (Wildman–Crippen MR) is 99.4 cm³/mol. The molecule has 3 atom stereocenters. The number of hydrogen-bond donors (Lipinski definition) is 1. The Balaban J connectivity index is 1.57. The van der Waals surface area contributed by atoms with Gasteiger partial charge in [-0.25, -0.2) is 0 Å². The van der Waals surface area contributed by atoms with Crippen LogP contribution < -0.4 is 5.32 Å². The summed E-state index contributed by atoms with van der Waals surface area (Å²) in [5, 5.41) is 7.48. The molecular formula is C20H25F3N4O2. The molecule has 2 fully saturated rings. The highest BCUT2D eigenvalue weighted by atomic mass is 19.4. The largest absolute Gasteiger partial charge is 0.416 e. The van der Waals surface area contributed by atoms with E-state index in [0.29, 0.717) is 31.3 Å². The van der Waals surface area contributed by atoms with E-state index in [1.807, 2.05) is 6.92 Å². The van der Waals surface area contributed by atoms with Gasteiger partial charge in [0.25, 0.3) is 0 Å². The number of benzene rings is 1. The van der Waals surface area contributed by atoms with E-state index in [4.69, 9.17) is 9.26 Å². The number of nitrogens with zero attached hydrogens (tertiary/aromatic N) is 3. The Bertz CT molecular complexity index is 803. The van der Waals surface area contributed by atoms with Crippen molar-refractivity contribution in [3.05, 3.63) is 47.1 Å². The van der Waals surface area contributed by atoms with Gasteiger partial charge in [-0.3, -0.25) is 10.2 Å². The molecule has 0 amide bonds. The Labute approximate surface area is 167 Å². The molecule has 0 spiro atoms. The first-order valence-corrected chi connectivity index (χ1v) is 9.99. The van der Waals surface area contributed by atoms with Gasteiger partial charge in [-0.05, 0) is 30.0 Å². The molecular weight excluding hydrogens is 385 g/mol. The molecule has 3 unspecified atom stereocenters. The topological polar surface area (TPSA) is 63.4 Å². The molecule has 9 heteroatoms. The first kappa shape index (κ1) is 20.3. The van der Waals surface area contributed by atoms with Gasteiger partial charge in [-0.1, -0.05) is 24.2 Å². The van der Waals surface area contributed by atoms with Gasteiger partial charge in [0.2, 0.25) is 5.89 Å².